The number of halogens is 2. The fraction of sp³-hybridized carbons (Fsp3) is 0.231. The van der Waals surface area contributed by atoms with Crippen LogP contribution in [-0.2, 0) is 16.4 Å². The van der Waals surface area contributed by atoms with E-state index in [4.69, 9.17) is 27.6 Å². The average molecular weight is 334 g/mol. The van der Waals surface area contributed by atoms with Gasteiger partial charge in [-0.3, -0.25) is 0 Å². The van der Waals surface area contributed by atoms with Crippen LogP contribution in [0.4, 0.5) is 0 Å². The van der Waals surface area contributed by atoms with E-state index in [1.54, 1.807) is 25.5 Å². The first-order valence-corrected chi connectivity index (χ1v) is 8.11. The van der Waals surface area contributed by atoms with Crippen molar-refractivity contribution in [1.82, 2.24) is 4.72 Å². The topological polar surface area (TPSA) is 59.3 Å². The molecular weight excluding hydrogens is 321 g/mol. The van der Waals surface area contributed by atoms with Crippen molar-refractivity contribution in [1.29, 1.82) is 0 Å². The lowest BCUT2D eigenvalue weighted by Crippen LogP contribution is -2.34. The molecule has 0 saturated heterocycles. The zero-order valence-electron chi connectivity index (χ0n) is 10.6. The van der Waals surface area contributed by atoms with Crippen molar-refractivity contribution < 1.29 is 12.8 Å². The van der Waals surface area contributed by atoms with Crippen LogP contribution in [0.2, 0.25) is 10.0 Å². The van der Waals surface area contributed by atoms with Crippen molar-refractivity contribution in [3.8, 4) is 0 Å². The van der Waals surface area contributed by atoms with Gasteiger partial charge in [-0.25, -0.2) is 13.1 Å². The Kier molecular flexibility index (Phi) is 4.75. The van der Waals surface area contributed by atoms with Gasteiger partial charge in [0.25, 0.3) is 0 Å². The molecule has 1 unspecified atom stereocenters. The molecule has 0 saturated carbocycles. The number of rotatable bonds is 5. The standard InChI is InChI=1S/C13H13Cl2NO3S/c1-9(6-10-4-5-19-8-10)16-20(17,18)13-7-11(14)2-3-12(13)15/h2-5,7-9,16H,6H2,1H3. The highest BCUT2D eigenvalue weighted by Crippen LogP contribution is 2.25. The summed E-state index contributed by atoms with van der Waals surface area (Å²) in [6.45, 7) is 1.77. The minimum atomic E-state index is -3.71. The summed E-state index contributed by atoms with van der Waals surface area (Å²) < 4.78 is 32.0. The molecule has 0 spiro atoms. The fourth-order valence-electron chi connectivity index (χ4n) is 1.82. The molecule has 2 aromatic rings. The molecule has 1 aromatic heterocycles. The molecule has 4 nitrogen and oxygen atoms in total. The third-order valence-electron chi connectivity index (χ3n) is 2.66. The second-order valence-corrected chi connectivity index (χ2v) is 6.96. The van der Waals surface area contributed by atoms with Crippen molar-refractivity contribution in [3.63, 3.8) is 0 Å². The van der Waals surface area contributed by atoms with Crippen LogP contribution in [0.3, 0.4) is 0 Å². The quantitative estimate of drug-likeness (QED) is 0.910. The number of hydrogen-bond acceptors (Lipinski definition) is 3. The molecule has 108 valence electrons. The summed E-state index contributed by atoms with van der Waals surface area (Å²) in [5.74, 6) is 0. The Morgan fingerprint density at radius 2 is 2.05 bits per heavy atom. The van der Waals surface area contributed by atoms with Gasteiger partial charge in [-0.15, -0.1) is 0 Å². The molecule has 20 heavy (non-hydrogen) atoms. The monoisotopic (exact) mass is 333 g/mol. The zero-order chi connectivity index (χ0) is 14.8. The smallest absolute Gasteiger partial charge is 0.242 e. The number of sulfonamides is 1. The van der Waals surface area contributed by atoms with Crippen molar-refractivity contribution in [2.45, 2.75) is 24.3 Å². The first-order valence-electron chi connectivity index (χ1n) is 5.87. The Bertz CT molecular complexity index is 684. The summed E-state index contributed by atoms with van der Waals surface area (Å²) in [6, 6.07) is 5.82. The maximum atomic E-state index is 12.3. The molecule has 0 aliphatic carbocycles. The van der Waals surface area contributed by atoms with Gasteiger partial charge < -0.3 is 4.42 Å². The van der Waals surface area contributed by atoms with E-state index in [9.17, 15) is 8.42 Å². The van der Waals surface area contributed by atoms with Crippen LogP contribution in [0.5, 0.6) is 0 Å². The molecule has 0 amide bonds. The first-order chi connectivity index (χ1) is 9.38. The third-order valence-corrected chi connectivity index (χ3v) is 4.97. The molecule has 0 aliphatic rings. The molecule has 1 atom stereocenters. The molecule has 1 heterocycles. The van der Waals surface area contributed by atoms with E-state index in [1.807, 2.05) is 0 Å². The largest absolute Gasteiger partial charge is 0.472 e. The van der Waals surface area contributed by atoms with Gasteiger partial charge in [0.15, 0.2) is 0 Å². The zero-order valence-corrected chi connectivity index (χ0v) is 13.0. The number of nitrogens with one attached hydrogen (secondary N) is 1. The van der Waals surface area contributed by atoms with Gasteiger partial charge in [-0.2, -0.15) is 0 Å². The fourth-order valence-corrected chi connectivity index (χ4v) is 3.82. The average Bonchev–Trinajstić information content (AvgIpc) is 2.84. The Balaban J connectivity index is 2.16. The molecule has 7 heteroatoms. The van der Waals surface area contributed by atoms with E-state index in [1.165, 1.54) is 18.2 Å². The van der Waals surface area contributed by atoms with E-state index in [2.05, 4.69) is 4.72 Å². The first kappa shape index (κ1) is 15.4. The van der Waals surface area contributed by atoms with Gasteiger partial charge >= 0.3 is 0 Å². The normalized spacial score (nSPS) is 13.3. The minimum Gasteiger partial charge on any atom is -0.472 e. The van der Waals surface area contributed by atoms with Gasteiger partial charge in [-0.1, -0.05) is 23.2 Å². The second-order valence-electron chi connectivity index (χ2n) is 4.43. The summed E-state index contributed by atoms with van der Waals surface area (Å²) in [5.41, 5.74) is 0.914. The van der Waals surface area contributed by atoms with Gasteiger partial charge in [0.05, 0.1) is 17.5 Å². The van der Waals surface area contributed by atoms with Gasteiger partial charge in [0.2, 0.25) is 10.0 Å². The van der Waals surface area contributed by atoms with Crippen LogP contribution < -0.4 is 4.72 Å². The lowest BCUT2D eigenvalue weighted by Gasteiger charge is -2.14. The van der Waals surface area contributed by atoms with Crippen LogP contribution in [0.1, 0.15) is 12.5 Å². The SMILES string of the molecule is CC(Cc1ccoc1)NS(=O)(=O)c1cc(Cl)ccc1Cl. The van der Waals surface area contributed by atoms with Crippen molar-refractivity contribution in [2.24, 2.45) is 0 Å². The van der Waals surface area contributed by atoms with E-state index >= 15 is 0 Å². The Labute approximate surface area is 127 Å². The predicted octanol–water partition coefficient (Wildman–Crippen LogP) is 3.50. The summed E-state index contributed by atoms with van der Waals surface area (Å²) in [7, 11) is -3.71. The maximum Gasteiger partial charge on any atom is 0.242 e. The number of hydrogen-bond donors (Lipinski definition) is 1. The van der Waals surface area contributed by atoms with Crippen LogP contribution in [0, 0.1) is 0 Å². The Hall–Kier alpha value is -1.01. The highest BCUT2D eigenvalue weighted by molar-refractivity contribution is 7.89. The summed E-state index contributed by atoms with van der Waals surface area (Å²) in [4.78, 5) is -0.0225. The molecule has 2 rings (SSSR count). The lowest BCUT2D eigenvalue weighted by atomic mass is 10.1. The van der Waals surface area contributed by atoms with Crippen molar-refractivity contribution in [3.05, 3.63) is 52.4 Å². The molecule has 0 radical (unpaired) electrons. The Morgan fingerprint density at radius 1 is 1.30 bits per heavy atom. The highest BCUT2D eigenvalue weighted by atomic mass is 35.5. The van der Waals surface area contributed by atoms with Gasteiger partial charge in [-0.05, 0) is 43.2 Å². The van der Waals surface area contributed by atoms with E-state index in [0.29, 0.717) is 11.4 Å². The van der Waals surface area contributed by atoms with Crippen LogP contribution >= 0.6 is 23.2 Å². The summed E-state index contributed by atoms with van der Waals surface area (Å²) in [6.07, 6.45) is 3.65. The van der Waals surface area contributed by atoms with Crippen LogP contribution in [-0.4, -0.2) is 14.5 Å². The molecule has 1 aromatic carbocycles. The molecular formula is C13H13Cl2NO3S. The maximum absolute atomic E-state index is 12.3. The second kappa shape index (κ2) is 6.18. The minimum absolute atomic E-state index is 0.0225. The number of furan rings is 1. The predicted molar refractivity (Wildman–Crippen MR) is 78.7 cm³/mol. The van der Waals surface area contributed by atoms with Gasteiger partial charge in [0.1, 0.15) is 4.90 Å². The van der Waals surface area contributed by atoms with Crippen molar-refractivity contribution >= 4 is 33.2 Å². The summed E-state index contributed by atoms with van der Waals surface area (Å²) in [5, 5.41) is 0.453. The van der Waals surface area contributed by atoms with E-state index < -0.39 is 10.0 Å². The highest BCUT2D eigenvalue weighted by Gasteiger charge is 2.21. The molecule has 0 bridgehead atoms. The van der Waals surface area contributed by atoms with Gasteiger partial charge in [0, 0.05) is 11.1 Å². The van der Waals surface area contributed by atoms with Crippen LogP contribution in [0.15, 0.2) is 46.1 Å². The Morgan fingerprint density at radius 3 is 2.70 bits per heavy atom. The third kappa shape index (κ3) is 3.76. The summed E-state index contributed by atoms with van der Waals surface area (Å²) >= 11 is 11.7. The molecule has 0 aliphatic heterocycles. The van der Waals surface area contributed by atoms with Crippen LogP contribution in [0.25, 0.3) is 0 Å². The number of benzene rings is 1. The van der Waals surface area contributed by atoms with E-state index in [0.717, 1.165) is 5.56 Å². The van der Waals surface area contributed by atoms with Crippen molar-refractivity contribution in [2.75, 3.05) is 0 Å². The lowest BCUT2D eigenvalue weighted by molar-refractivity contribution is 0.549. The molecule has 0 fully saturated rings. The van der Waals surface area contributed by atoms with E-state index in [-0.39, 0.29) is 16.0 Å². The molecule has 1 N–H and O–H groups in total.